The molecular formula is C8H5BrClNOS. The van der Waals surface area contributed by atoms with Crippen LogP contribution in [0.5, 0.6) is 5.75 Å². The number of fused-ring (bicyclic) bond motifs is 1. The van der Waals surface area contributed by atoms with Crippen LogP contribution in [0.15, 0.2) is 16.6 Å². The summed E-state index contributed by atoms with van der Waals surface area (Å²) >= 11 is 10.6. The van der Waals surface area contributed by atoms with E-state index in [1.807, 2.05) is 12.1 Å². The first-order valence-corrected chi connectivity index (χ1v) is 5.49. The molecule has 0 amide bonds. The van der Waals surface area contributed by atoms with Crippen molar-refractivity contribution in [2.75, 3.05) is 7.11 Å². The smallest absolute Gasteiger partial charge is 0.184 e. The zero-order valence-corrected chi connectivity index (χ0v) is 9.83. The first-order valence-electron chi connectivity index (χ1n) is 3.50. The highest BCUT2D eigenvalue weighted by Crippen LogP contribution is 2.34. The van der Waals surface area contributed by atoms with Gasteiger partial charge in [0.2, 0.25) is 0 Å². The van der Waals surface area contributed by atoms with Crippen LogP contribution in [0.1, 0.15) is 0 Å². The number of hydrogen-bond acceptors (Lipinski definition) is 3. The van der Waals surface area contributed by atoms with E-state index >= 15 is 0 Å². The zero-order chi connectivity index (χ0) is 9.42. The number of methoxy groups -OCH3 is 1. The molecule has 1 aromatic carbocycles. The number of nitrogens with zero attached hydrogens (tertiary/aromatic N) is 1. The van der Waals surface area contributed by atoms with Crippen LogP contribution in [-0.2, 0) is 0 Å². The number of aromatic nitrogens is 1. The molecule has 1 heterocycles. The monoisotopic (exact) mass is 277 g/mol. The van der Waals surface area contributed by atoms with Crippen LogP contribution in [0.25, 0.3) is 10.2 Å². The first-order chi connectivity index (χ1) is 6.20. The molecule has 0 bridgehead atoms. The largest absolute Gasteiger partial charge is 0.494 e. The maximum absolute atomic E-state index is 5.80. The van der Waals surface area contributed by atoms with Gasteiger partial charge in [0.25, 0.3) is 0 Å². The van der Waals surface area contributed by atoms with Crippen molar-refractivity contribution in [1.82, 2.24) is 4.98 Å². The SMILES string of the molecule is COc1cc(Br)cc2sc(Cl)nc12. The summed E-state index contributed by atoms with van der Waals surface area (Å²) in [6.07, 6.45) is 0. The predicted molar refractivity (Wildman–Crippen MR) is 58.9 cm³/mol. The number of halogens is 2. The standard InChI is InChI=1S/C8H5BrClNOS/c1-12-5-2-4(9)3-6-7(5)11-8(10)13-6/h2-3H,1H3. The van der Waals surface area contributed by atoms with E-state index in [9.17, 15) is 0 Å². The Bertz CT molecular complexity index is 457. The molecule has 0 unspecified atom stereocenters. The van der Waals surface area contributed by atoms with E-state index in [-0.39, 0.29) is 0 Å². The van der Waals surface area contributed by atoms with Gasteiger partial charge in [0.05, 0.1) is 11.8 Å². The minimum atomic E-state index is 0.534. The normalized spacial score (nSPS) is 10.7. The van der Waals surface area contributed by atoms with Gasteiger partial charge in [-0.3, -0.25) is 0 Å². The van der Waals surface area contributed by atoms with Gasteiger partial charge in [-0.05, 0) is 12.1 Å². The third kappa shape index (κ3) is 1.66. The van der Waals surface area contributed by atoms with E-state index < -0.39 is 0 Å². The number of benzene rings is 1. The van der Waals surface area contributed by atoms with Crippen LogP contribution in [0.4, 0.5) is 0 Å². The lowest BCUT2D eigenvalue weighted by molar-refractivity contribution is 0.419. The molecule has 0 aliphatic rings. The van der Waals surface area contributed by atoms with Crippen molar-refractivity contribution >= 4 is 49.1 Å². The molecule has 0 saturated carbocycles. The highest BCUT2D eigenvalue weighted by Gasteiger charge is 2.08. The Kier molecular flexibility index (Phi) is 2.45. The van der Waals surface area contributed by atoms with Crippen molar-refractivity contribution in [3.05, 3.63) is 21.1 Å². The molecular weight excluding hydrogens is 274 g/mol. The van der Waals surface area contributed by atoms with Gasteiger partial charge in [-0.1, -0.05) is 27.5 Å². The highest BCUT2D eigenvalue weighted by atomic mass is 79.9. The summed E-state index contributed by atoms with van der Waals surface area (Å²) in [4.78, 5) is 4.16. The predicted octanol–water partition coefficient (Wildman–Crippen LogP) is 3.72. The molecule has 1 aromatic heterocycles. The lowest BCUT2D eigenvalue weighted by atomic mass is 10.3. The van der Waals surface area contributed by atoms with Gasteiger partial charge in [0.1, 0.15) is 11.3 Å². The molecule has 5 heteroatoms. The topological polar surface area (TPSA) is 22.1 Å². The summed E-state index contributed by atoms with van der Waals surface area (Å²) in [5, 5.41) is 0. The average molecular weight is 279 g/mol. The second-order valence-corrected chi connectivity index (χ2v) is 4.95. The van der Waals surface area contributed by atoms with Crippen LogP contribution < -0.4 is 4.74 Å². The van der Waals surface area contributed by atoms with E-state index in [2.05, 4.69) is 20.9 Å². The molecule has 2 rings (SSSR count). The van der Waals surface area contributed by atoms with Crippen molar-refractivity contribution in [2.45, 2.75) is 0 Å². The zero-order valence-electron chi connectivity index (χ0n) is 6.67. The van der Waals surface area contributed by atoms with E-state index in [1.54, 1.807) is 7.11 Å². The second-order valence-electron chi connectivity index (χ2n) is 2.42. The van der Waals surface area contributed by atoms with Crippen LogP contribution in [0, 0.1) is 0 Å². The lowest BCUT2D eigenvalue weighted by Crippen LogP contribution is -1.83. The van der Waals surface area contributed by atoms with Gasteiger partial charge in [0, 0.05) is 4.47 Å². The summed E-state index contributed by atoms with van der Waals surface area (Å²) in [7, 11) is 1.62. The summed E-state index contributed by atoms with van der Waals surface area (Å²) in [5.41, 5.74) is 0.820. The molecule has 0 atom stereocenters. The summed E-state index contributed by atoms with van der Waals surface area (Å²) in [6.45, 7) is 0. The lowest BCUT2D eigenvalue weighted by Gasteiger charge is -2.00. The Morgan fingerprint density at radius 2 is 2.31 bits per heavy atom. The third-order valence-corrected chi connectivity index (χ3v) is 3.18. The molecule has 0 radical (unpaired) electrons. The van der Waals surface area contributed by atoms with Gasteiger partial charge in [-0.15, -0.1) is 11.3 Å². The van der Waals surface area contributed by atoms with Crippen LogP contribution in [0.3, 0.4) is 0 Å². The van der Waals surface area contributed by atoms with Crippen molar-refractivity contribution in [2.24, 2.45) is 0 Å². The maximum Gasteiger partial charge on any atom is 0.184 e. The number of hydrogen-bond donors (Lipinski definition) is 0. The number of ether oxygens (including phenoxy) is 1. The summed E-state index contributed by atoms with van der Waals surface area (Å²) in [5.74, 6) is 0.743. The van der Waals surface area contributed by atoms with E-state index in [0.717, 1.165) is 20.4 Å². The minimum absolute atomic E-state index is 0.534. The quantitative estimate of drug-likeness (QED) is 0.793. The molecule has 2 nitrogen and oxygen atoms in total. The van der Waals surface area contributed by atoms with E-state index in [4.69, 9.17) is 16.3 Å². The van der Waals surface area contributed by atoms with Gasteiger partial charge in [-0.2, -0.15) is 0 Å². The molecule has 68 valence electrons. The van der Waals surface area contributed by atoms with Gasteiger partial charge in [0.15, 0.2) is 4.47 Å². The van der Waals surface area contributed by atoms with E-state index in [0.29, 0.717) is 4.47 Å². The highest BCUT2D eigenvalue weighted by molar-refractivity contribution is 9.10. The first kappa shape index (κ1) is 9.24. The Morgan fingerprint density at radius 1 is 1.54 bits per heavy atom. The third-order valence-electron chi connectivity index (χ3n) is 1.62. The summed E-state index contributed by atoms with van der Waals surface area (Å²) < 4.78 is 7.70. The molecule has 0 fully saturated rings. The minimum Gasteiger partial charge on any atom is -0.494 e. The molecule has 13 heavy (non-hydrogen) atoms. The van der Waals surface area contributed by atoms with Crippen molar-refractivity contribution in [3.8, 4) is 5.75 Å². The number of rotatable bonds is 1. The Morgan fingerprint density at radius 3 is 3.00 bits per heavy atom. The Hall–Kier alpha value is -0.320. The van der Waals surface area contributed by atoms with Crippen LogP contribution in [-0.4, -0.2) is 12.1 Å². The van der Waals surface area contributed by atoms with Crippen molar-refractivity contribution in [1.29, 1.82) is 0 Å². The van der Waals surface area contributed by atoms with Gasteiger partial charge < -0.3 is 4.74 Å². The van der Waals surface area contributed by atoms with Crippen molar-refractivity contribution < 1.29 is 4.74 Å². The fraction of sp³-hybridized carbons (Fsp3) is 0.125. The molecule has 0 spiro atoms. The van der Waals surface area contributed by atoms with Crippen LogP contribution in [0.2, 0.25) is 4.47 Å². The Labute approximate surface area is 92.6 Å². The molecule has 0 aliphatic heterocycles. The van der Waals surface area contributed by atoms with Gasteiger partial charge >= 0.3 is 0 Å². The van der Waals surface area contributed by atoms with Gasteiger partial charge in [-0.25, -0.2) is 4.98 Å². The fourth-order valence-electron chi connectivity index (χ4n) is 1.10. The maximum atomic E-state index is 5.80. The molecule has 0 N–H and O–H groups in total. The van der Waals surface area contributed by atoms with Crippen molar-refractivity contribution in [3.63, 3.8) is 0 Å². The fourth-order valence-corrected chi connectivity index (χ4v) is 2.76. The Balaban J connectivity index is 2.80. The number of thiazole rings is 1. The molecule has 2 aromatic rings. The average Bonchev–Trinajstić information content (AvgIpc) is 2.43. The molecule has 0 aliphatic carbocycles. The van der Waals surface area contributed by atoms with E-state index in [1.165, 1.54) is 11.3 Å². The van der Waals surface area contributed by atoms with Crippen LogP contribution >= 0.6 is 38.9 Å². The second kappa shape index (κ2) is 3.44. The summed E-state index contributed by atoms with van der Waals surface area (Å²) in [6, 6.07) is 3.85. The molecule has 0 saturated heterocycles.